The minimum Gasteiger partial charge on any atom is -0.480 e. The molecule has 0 aliphatic heterocycles. The van der Waals surface area contributed by atoms with E-state index in [4.69, 9.17) is 5.11 Å². The Hall–Kier alpha value is -2.42. The zero-order valence-electron chi connectivity index (χ0n) is 10.5. The van der Waals surface area contributed by atoms with Crippen molar-refractivity contribution >= 4 is 21.7 Å². The molecule has 20 heavy (non-hydrogen) atoms. The van der Waals surface area contributed by atoms with Gasteiger partial charge < -0.3 is 5.11 Å². The standard InChI is InChI=1S/C11H12N4O4S/c1-14(9-3-2-4-12-5-9)20(18,19)10-6-13-15(7-10)8-11(16)17/h2-7H,8H2,1H3,(H,16,17). The van der Waals surface area contributed by atoms with Crippen molar-refractivity contribution in [1.29, 1.82) is 0 Å². The van der Waals surface area contributed by atoms with E-state index in [1.165, 1.54) is 25.6 Å². The van der Waals surface area contributed by atoms with Crippen LogP contribution in [0.2, 0.25) is 0 Å². The van der Waals surface area contributed by atoms with E-state index >= 15 is 0 Å². The normalized spacial score (nSPS) is 11.2. The third-order valence-corrected chi connectivity index (χ3v) is 4.31. The van der Waals surface area contributed by atoms with Crippen LogP contribution < -0.4 is 4.31 Å². The average Bonchev–Trinajstić information content (AvgIpc) is 2.87. The van der Waals surface area contributed by atoms with Crippen molar-refractivity contribution in [3.63, 3.8) is 0 Å². The van der Waals surface area contributed by atoms with E-state index in [2.05, 4.69) is 10.1 Å². The first kappa shape index (κ1) is 14.0. The van der Waals surface area contributed by atoms with Crippen LogP contribution in [0.15, 0.2) is 41.8 Å². The Labute approximate surface area is 115 Å². The van der Waals surface area contributed by atoms with Crippen LogP contribution in [0, 0.1) is 0 Å². The minimum absolute atomic E-state index is 0.0786. The van der Waals surface area contributed by atoms with Gasteiger partial charge in [-0.05, 0) is 12.1 Å². The monoisotopic (exact) mass is 296 g/mol. The fourth-order valence-electron chi connectivity index (χ4n) is 1.54. The van der Waals surface area contributed by atoms with E-state index in [-0.39, 0.29) is 4.90 Å². The predicted octanol–water partition coefficient (Wildman–Crippen LogP) is 0.188. The van der Waals surface area contributed by atoms with Crippen LogP contribution in [0.3, 0.4) is 0 Å². The van der Waals surface area contributed by atoms with Crippen molar-refractivity contribution in [2.75, 3.05) is 11.4 Å². The number of hydrogen-bond acceptors (Lipinski definition) is 5. The minimum atomic E-state index is -3.79. The zero-order valence-corrected chi connectivity index (χ0v) is 11.4. The van der Waals surface area contributed by atoms with Gasteiger partial charge in [0, 0.05) is 19.4 Å². The summed E-state index contributed by atoms with van der Waals surface area (Å²) in [4.78, 5) is 14.3. The maximum atomic E-state index is 12.3. The van der Waals surface area contributed by atoms with Crippen LogP contribution in [-0.4, -0.2) is 41.3 Å². The molecule has 0 spiro atoms. The topological polar surface area (TPSA) is 105 Å². The van der Waals surface area contributed by atoms with Crippen LogP contribution in [0.5, 0.6) is 0 Å². The molecule has 2 rings (SSSR count). The molecule has 0 atom stereocenters. The van der Waals surface area contributed by atoms with E-state index in [0.717, 1.165) is 15.2 Å². The first-order valence-electron chi connectivity index (χ1n) is 5.54. The zero-order chi connectivity index (χ0) is 14.8. The number of hydrogen-bond donors (Lipinski definition) is 1. The summed E-state index contributed by atoms with van der Waals surface area (Å²) in [5.74, 6) is -1.10. The number of sulfonamides is 1. The molecule has 2 heterocycles. The molecule has 2 aromatic rings. The van der Waals surface area contributed by atoms with Gasteiger partial charge in [-0.2, -0.15) is 5.10 Å². The van der Waals surface area contributed by atoms with Gasteiger partial charge in [0.1, 0.15) is 11.4 Å². The van der Waals surface area contributed by atoms with Crippen molar-refractivity contribution in [2.24, 2.45) is 0 Å². The van der Waals surface area contributed by atoms with Gasteiger partial charge in [0.2, 0.25) is 0 Å². The molecule has 8 nitrogen and oxygen atoms in total. The fourth-order valence-corrected chi connectivity index (χ4v) is 2.68. The Morgan fingerprint density at radius 1 is 1.45 bits per heavy atom. The maximum absolute atomic E-state index is 12.3. The number of carboxylic acid groups (broad SMARTS) is 1. The maximum Gasteiger partial charge on any atom is 0.325 e. The molecule has 0 aliphatic carbocycles. The van der Waals surface area contributed by atoms with E-state index in [9.17, 15) is 13.2 Å². The van der Waals surface area contributed by atoms with Crippen molar-refractivity contribution in [3.8, 4) is 0 Å². The quantitative estimate of drug-likeness (QED) is 0.844. The Bertz CT molecular complexity index is 711. The number of carbonyl (C=O) groups is 1. The molecule has 0 amide bonds. The highest BCUT2D eigenvalue weighted by Gasteiger charge is 2.23. The van der Waals surface area contributed by atoms with Crippen molar-refractivity contribution in [1.82, 2.24) is 14.8 Å². The Morgan fingerprint density at radius 3 is 2.80 bits per heavy atom. The van der Waals surface area contributed by atoms with Crippen molar-refractivity contribution < 1.29 is 18.3 Å². The van der Waals surface area contributed by atoms with E-state index in [0.29, 0.717) is 5.69 Å². The average molecular weight is 296 g/mol. The van der Waals surface area contributed by atoms with Gasteiger partial charge >= 0.3 is 5.97 Å². The molecule has 0 saturated carbocycles. The lowest BCUT2D eigenvalue weighted by molar-refractivity contribution is -0.137. The first-order chi connectivity index (χ1) is 9.41. The van der Waals surface area contributed by atoms with Crippen LogP contribution in [0.1, 0.15) is 0 Å². The SMILES string of the molecule is CN(c1cccnc1)S(=O)(=O)c1cnn(CC(=O)O)c1. The van der Waals surface area contributed by atoms with Crippen LogP contribution >= 0.6 is 0 Å². The molecular formula is C11H12N4O4S. The lowest BCUT2D eigenvalue weighted by atomic mass is 10.4. The summed E-state index contributed by atoms with van der Waals surface area (Å²) >= 11 is 0. The second kappa shape index (κ2) is 5.29. The largest absolute Gasteiger partial charge is 0.480 e. The summed E-state index contributed by atoms with van der Waals surface area (Å²) in [7, 11) is -2.40. The fraction of sp³-hybridized carbons (Fsp3) is 0.182. The van der Waals surface area contributed by atoms with E-state index in [1.807, 2.05) is 0 Å². The molecule has 0 aliphatic rings. The van der Waals surface area contributed by atoms with Gasteiger partial charge in [0.25, 0.3) is 10.0 Å². The summed E-state index contributed by atoms with van der Waals surface area (Å²) in [5, 5.41) is 12.4. The first-order valence-corrected chi connectivity index (χ1v) is 6.98. The van der Waals surface area contributed by atoms with E-state index in [1.54, 1.807) is 12.1 Å². The lowest BCUT2D eigenvalue weighted by Gasteiger charge is -2.17. The molecular weight excluding hydrogens is 284 g/mol. The van der Waals surface area contributed by atoms with Crippen molar-refractivity contribution in [3.05, 3.63) is 36.9 Å². The van der Waals surface area contributed by atoms with Crippen LogP contribution in [0.25, 0.3) is 0 Å². The molecule has 0 aromatic carbocycles. The van der Waals surface area contributed by atoms with Gasteiger partial charge in [0.15, 0.2) is 0 Å². The predicted molar refractivity (Wildman–Crippen MR) is 69.7 cm³/mol. The Morgan fingerprint density at radius 2 is 2.20 bits per heavy atom. The molecule has 106 valence electrons. The van der Waals surface area contributed by atoms with Gasteiger partial charge in [-0.25, -0.2) is 8.42 Å². The summed E-state index contributed by atoms with van der Waals surface area (Å²) in [6.07, 6.45) is 5.25. The number of rotatable bonds is 5. The molecule has 0 saturated heterocycles. The van der Waals surface area contributed by atoms with Crippen LogP contribution in [-0.2, 0) is 21.4 Å². The highest BCUT2D eigenvalue weighted by atomic mass is 32.2. The number of pyridine rings is 1. The summed E-state index contributed by atoms with van der Waals surface area (Å²) in [6.45, 7) is -0.397. The Balaban J connectivity index is 2.31. The van der Waals surface area contributed by atoms with Crippen molar-refractivity contribution in [2.45, 2.75) is 11.4 Å². The highest BCUT2D eigenvalue weighted by Crippen LogP contribution is 2.20. The second-order valence-corrected chi connectivity index (χ2v) is 5.92. The number of anilines is 1. The smallest absolute Gasteiger partial charge is 0.325 e. The molecule has 2 aromatic heterocycles. The Kier molecular flexibility index (Phi) is 3.70. The third-order valence-electron chi connectivity index (χ3n) is 2.57. The number of aliphatic carboxylic acids is 1. The van der Waals surface area contributed by atoms with Gasteiger partial charge in [0.05, 0.1) is 18.1 Å². The van der Waals surface area contributed by atoms with Gasteiger partial charge in [-0.1, -0.05) is 0 Å². The molecule has 0 unspecified atom stereocenters. The molecule has 0 bridgehead atoms. The second-order valence-electron chi connectivity index (χ2n) is 3.95. The van der Waals surface area contributed by atoms with Gasteiger partial charge in [-0.15, -0.1) is 0 Å². The van der Waals surface area contributed by atoms with E-state index < -0.39 is 22.5 Å². The highest BCUT2D eigenvalue weighted by molar-refractivity contribution is 7.92. The summed E-state index contributed by atoms with van der Waals surface area (Å²) in [5.41, 5.74) is 0.401. The molecule has 1 N–H and O–H groups in total. The number of aromatic nitrogens is 3. The third kappa shape index (κ3) is 2.77. The summed E-state index contributed by atoms with van der Waals surface area (Å²) < 4.78 is 26.8. The van der Waals surface area contributed by atoms with Crippen LogP contribution in [0.4, 0.5) is 5.69 Å². The molecule has 0 fully saturated rings. The summed E-state index contributed by atoms with van der Waals surface area (Å²) in [6, 6.07) is 3.22. The molecule has 0 radical (unpaired) electrons. The van der Waals surface area contributed by atoms with Gasteiger partial charge in [-0.3, -0.25) is 18.8 Å². The molecule has 9 heteroatoms. The number of nitrogens with zero attached hydrogens (tertiary/aromatic N) is 4. The number of carboxylic acids is 1. The lowest BCUT2D eigenvalue weighted by Crippen LogP contribution is -2.26.